The summed E-state index contributed by atoms with van der Waals surface area (Å²) in [5.74, 6) is 0.493. The molecule has 1 saturated heterocycles. The van der Waals surface area contributed by atoms with Crippen LogP contribution in [0.15, 0.2) is 12.4 Å². The van der Waals surface area contributed by atoms with Gasteiger partial charge in [-0.2, -0.15) is 0 Å². The second-order valence-corrected chi connectivity index (χ2v) is 3.49. The Morgan fingerprint density at radius 2 is 2.31 bits per heavy atom. The van der Waals surface area contributed by atoms with Crippen LogP contribution in [0.2, 0.25) is 0 Å². The van der Waals surface area contributed by atoms with E-state index in [0.717, 1.165) is 0 Å². The fourth-order valence-corrected chi connectivity index (χ4v) is 1.59. The molecule has 0 aromatic carbocycles. The minimum Gasteiger partial charge on any atom is -0.382 e. The number of amides is 1. The minimum atomic E-state index is -0.494. The van der Waals surface area contributed by atoms with E-state index >= 15 is 0 Å². The molecule has 0 aliphatic carbocycles. The highest BCUT2D eigenvalue weighted by molar-refractivity contribution is 5.83. The molecule has 7 nitrogen and oxygen atoms in total. The van der Waals surface area contributed by atoms with Crippen molar-refractivity contribution in [3.63, 3.8) is 0 Å². The van der Waals surface area contributed by atoms with Crippen molar-refractivity contribution in [2.24, 2.45) is 5.73 Å². The third-order valence-corrected chi connectivity index (χ3v) is 2.41. The molecule has 1 aromatic rings. The summed E-state index contributed by atoms with van der Waals surface area (Å²) in [4.78, 5) is 21.0. The maximum absolute atomic E-state index is 11.2. The van der Waals surface area contributed by atoms with Gasteiger partial charge in [-0.15, -0.1) is 0 Å². The highest BCUT2D eigenvalue weighted by Crippen LogP contribution is 2.16. The molecular formula is C9H13N5O2. The summed E-state index contributed by atoms with van der Waals surface area (Å²) >= 11 is 0. The summed E-state index contributed by atoms with van der Waals surface area (Å²) < 4.78 is 5.20. The zero-order valence-electron chi connectivity index (χ0n) is 8.67. The Morgan fingerprint density at radius 3 is 2.94 bits per heavy atom. The lowest BCUT2D eigenvalue weighted by atomic mass is 10.2. The van der Waals surface area contributed by atoms with E-state index in [1.807, 2.05) is 0 Å². The Morgan fingerprint density at radius 1 is 1.50 bits per heavy atom. The Labute approximate surface area is 92.4 Å². The van der Waals surface area contributed by atoms with Crippen molar-refractivity contribution in [2.75, 3.05) is 30.4 Å². The van der Waals surface area contributed by atoms with Gasteiger partial charge in [-0.1, -0.05) is 0 Å². The normalized spacial score (nSPS) is 20.8. The molecule has 0 radical (unpaired) electrons. The first-order chi connectivity index (χ1) is 7.68. The van der Waals surface area contributed by atoms with Gasteiger partial charge in [0.05, 0.1) is 25.6 Å². The summed E-state index contributed by atoms with van der Waals surface area (Å²) in [6, 6.07) is -0.494. The highest BCUT2D eigenvalue weighted by atomic mass is 16.5. The molecule has 7 heteroatoms. The van der Waals surface area contributed by atoms with Gasteiger partial charge in [-0.05, 0) is 0 Å². The van der Waals surface area contributed by atoms with Crippen molar-refractivity contribution in [2.45, 2.75) is 6.04 Å². The number of aromatic nitrogens is 2. The zero-order chi connectivity index (χ0) is 11.5. The zero-order valence-corrected chi connectivity index (χ0v) is 8.67. The monoisotopic (exact) mass is 223 g/mol. The number of anilines is 2. The number of rotatable bonds is 2. The molecule has 1 amide bonds. The van der Waals surface area contributed by atoms with Crippen molar-refractivity contribution >= 4 is 17.5 Å². The van der Waals surface area contributed by atoms with Crippen LogP contribution in [0, 0.1) is 0 Å². The molecule has 1 unspecified atom stereocenters. The van der Waals surface area contributed by atoms with Gasteiger partial charge in [-0.3, -0.25) is 4.79 Å². The van der Waals surface area contributed by atoms with Crippen LogP contribution >= 0.6 is 0 Å². The van der Waals surface area contributed by atoms with Gasteiger partial charge in [0, 0.05) is 6.54 Å². The number of carbonyl (C=O) groups is 1. The molecule has 0 spiro atoms. The molecule has 1 aliphatic heterocycles. The van der Waals surface area contributed by atoms with Gasteiger partial charge in [-0.25, -0.2) is 9.97 Å². The van der Waals surface area contributed by atoms with Crippen LogP contribution in [0.1, 0.15) is 0 Å². The molecule has 4 N–H and O–H groups in total. The van der Waals surface area contributed by atoms with Crippen LogP contribution in [0.4, 0.5) is 11.6 Å². The van der Waals surface area contributed by atoms with Crippen LogP contribution in [0.25, 0.3) is 0 Å². The number of morpholine rings is 1. The molecule has 16 heavy (non-hydrogen) atoms. The number of primary amides is 1. The first-order valence-corrected chi connectivity index (χ1v) is 4.89. The van der Waals surface area contributed by atoms with Crippen molar-refractivity contribution in [1.29, 1.82) is 0 Å². The number of nitrogen functional groups attached to an aromatic ring is 1. The molecule has 0 saturated carbocycles. The Hall–Kier alpha value is -1.89. The molecule has 2 rings (SSSR count). The van der Waals surface area contributed by atoms with Gasteiger partial charge in [0.25, 0.3) is 0 Å². The molecule has 2 heterocycles. The maximum Gasteiger partial charge on any atom is 0.242 e. The van der Waals surface area contributed by atoms with Crippen molar-refractivity contribution in [3.8, 4) is 0 Å². The van der Waals surface area contributed by atoms with Gasteiger partial charge in [0.15, 0.2) is 0 Å². The topological polar surface area (TPSA) is 107 Å². The largest absolute Gasteiger partial charge is 0.382 e. The standard InChI is InChI=1S/C9H13N5O2/c10-7-3-13-8(4-12-7)14-1-2-16-5-6(14)9(11)15/h3-4,6H,1-2,5H2,(H2,10,12)(H2,11,15). The first-order valence-electron chi connectivity index (χ1n) is 4.89. The molecule has 1 fully saturated rings. The highest BCUT2D eigenvalue weighted by Gasteiger charge is 2.28. The minimum absolute atomic E-state index is 0.279. The van der Waals surface area contributed by atoms with E-state index in [9.17, 15) is 4.79 Å². The lowest BCUT2D eigenvalue weighted by Crippen LogP contribution is -2.53. The van der Waals surface area contributed by atoms with E-state index in [4.69, 9.17) is 16.2 Å². The lowest BCUT2D eigenvalue weighted by molar-refractivity contribution is -0.121. The van der Waals surface area contributed by atoms with Crippen molar-refractivity contribution < 1.29 is 9.53 Å². The smallest absolute Gasteiger partial charge is 0.242 e. The second-order valence-electron chi connectivity index (χ2n) is 3.49. The van der Waals surface area contributed by atoms with Crippen molar-refractivity contribution in [1.82, 2.24) is 9.97 Å². The molecule has 86 valence electrons. The number of nitrogens with zero attached hydrogens (tertiary/aromatic N) is 3. The Bertz CT molecular complexity index is 380. The number of nitrogens with two attached hydrogens (primary N) is 2. The molecule has 1 atom stereocenters. The summed E-state index contributed by atoms with van der Waals surface area (Å²) in [5.41, 5.74) is 10.7. The third-order valence-electron chi connectivity index (χ3n) is 2.41. The predicted molar refractivity (Wildman–Crippen MR) is 57.6 cm³/mol. The van der Waals surface area contributed by atoms with Crippen LogP contribution in [-0.4, -0.2) is 41.7 Å². The van der Waals surface area contributed by atoms with E-state index in [2.05, 4.69) is 9.97 Å². The maximum atomic E-state index is 11.2. The first kappa shape index (κ1) is 10.6. The lowest BCUT2D eigenvalue weighted by Gasteiger charge is -2.34. The summed E-state index contributed by atoms with van der Waals surface area (Å²) in [5, 5.41) is 0. The number of hydrogen-bond donors (Lipinski definition) is 2. The van der Waals surface area contributed by atoms with Gasteiger partial charge in [0.1, 0.15) is 17.7 Å². The Balaban J connectivity index is 2.23. The average molecular weight is 223 g/mol. The summed E-state index contributed by atoms with van der Waals surface area (Å²) in [6.45, 7) is 1.38. The fourth-order valence-electron chi connectivity index (χ4n) is 1.59. The van der Waals surface area contributed by atoms with Crippen LogP contribution in [0.3, 0.4) is 0 Å². The number of carbonyl (C=O) groups excluding carboxylic acids is 1. The predicted octanol–water partition coefficient (Wildman–Crippen LogP) is -1.25. The quantitative estimate of drug-likeness (QED) is 0.648. The SMILES string of the molecule is NC(=O)C1COCCN1c1cnc(N)cn1. The van der Waals surface area contributed by atoms with E-state index in [1.165, 1.54) is 12.4 Å². The Kier molecular flexibility index (Phi) is 2.86. The fraction of sp³-hybridized carbons (Fsp3) is 0.444. The van der Waals surface area contributed by atoms with Crippen molar-refractivity contribution in [3.05, 3.63) is 12.4 Å². The number of ether oxygens (including phenoxy) is 1. The van der Waals surface area contributed by atoms with Crippen LogP contribution in [-0.2, 0) is 9.53 Å². The van der Waals surface area contributed by atoms with Gasteiger partial charge < -0.3 is 21.1 Å². The van der Waals surface area contributed by atoms with E-state index in [1.54, 1.807) is 4.90 Å². The van der Waals surface area contributed by atoms with Gasteiger partial charge in [0.2, 0.25) is 5.91 Å². The van der Waals surface area contributed by atoms with E-state index in [-0.39, 0.29) is 6.61 Å². The third kappa shape index (κ3) is 2.03. The molecule has 0 bridgehead atoms. The molecule has 1 aliphatic rings. The average Bonchev–Trinajstić information content (AvgIpc) is 2.30. The summed E-state index contributed by atoms with van der Waals surface area (Å²) in [7, 11) is 0. The second kappa shape index (κ2) is 4.31. The van der Waals surface area contributed by atoms with Gasteiger partial charge >= 0.3 is 0 Å². The molecular weight excluding hydrogens is 210 g/mol. The van der Waals surface area contributed by atoms with E-state index in [0.29, 0.717) is 24.8 Å². The van der Waals surface area contributed by atoms with E-state index < -0.39 is 11.9 Å². The molecule has 1 aromatic heterocycles. The summed E-state index contributed by atoms with van der Waals surface area (Å²) in [6.07, 6.45) is 2.97. The van der Waals surface area contributed by atoms with Crippen LogP contribution in [0.5, 0.6) is 0 Å². The number of hydrogen-bond acceptors (Lipinski definition) is 6. The van der Waals surface area contributed by atoms with Crippen LogP contribution < -0.4 is 16.4 Å².